The van der Waals surface area contributed by atoms with E-state index in [9.17, 15) is 27.6 Å². The lowest BCUT2D eigenvalue weighted by Gasteiger charge is -2.19. The summed E-state index contributed by atoms with van der Waals surface area (Å²) in [5.41, 5.74) is 3.51. The molecule has 2 aromatic carbocycles. The fourth-order valence-corrected chi connectivity index (χ4v) is 3.83. The van der Waals surface area contributed by atoms with Gasteiger partial charge in [0.05, 0.1) is 6.42 Å². The summed E-state index contributed by atoms with van der Waals surface area (Å²) < 4.78 is 48.9. The number of aliphatic carboxylic acids is 1. The first-order valence-electron chi connectivity index (χ1n) is 10.3. The van der Waals surface area contributed by atoms with Crippen LogP contribution in [0.3, 0.4) is 0 Å². The van der Waals surface area contributed by atoms with E-state index in [4.69, 9.17) is 14.4 Å². The van der Waals surface area contributed by atoms with Crippen molar-refractivity contribution in [2.45, 2.75) is 24.6 Å². The van der Waals surface area contributed by atoms with Crippen LogP contribution < -0.4 is 10.6 Å². The number of rotatable bonds is 7. The molecular weight excluding hydrogens is 471 g/mol. The number of hydrogen-bond acceptors (Lipinski definition) is 6. The second-order valence-corrected chi connectivity index (χ2v) is 7.69. The van der Waals surface area contributed by atoms with E-state index in [1.165, 1.54) is 0 Å². The summed E-state index contributed by atoms with van der Waals surface area (Å²) in [6, 6.07) is 13.7. The fraction of sp³-hybridized carbons (Fsp3) is 0.217. The summed E-state index contributed by atoms with van der Waals surface area (Å²) in [4.78, 5) is 35.0. The molecule has 1 atom stereocenters. The number of amides is 2. The number of carboxylic acid groups (broad SMARTS) is 1. The zero-order chi connectivity index (χ0) is 25.2. The largest absolute Gasteiger partial charge is 0.481 e. The molecule has 1 aliphatic rings. The molecule has 1 unspecified atom stereocenters. The molecule has 3 aromatic rings. The summed E-state index contributed by atoms with van der Waals surface area (Å²) in [5, 5.41) is 15.7. The summed E-state index contributed by atoms with van der Waals surface area (Å²) in [6.45, 7) is 0.00376. The number of carbonyl (C=O) groups excluding carboxylic acids is 2. The summed E-state index contributed by atoms with van der Waals surface area (Å²) in [6.07, 6.45) is -7.27. The molecule has 182 valence electrons. The van der Waals surface area contributed by atoms with Crippen molar-refractivity contribution in [1.82, 2.24) is 10.5 Å². The van der Waals surface area contributed by atoms with E-state index in [2.05, 4.69) is 10.5 Å². The van der Waals surface area contributed by atoms with Crippen LogP contribution in [0.1, 0.15) is 34.0 Å². The van der Waals surface area contributed by atoms with Gasteiger partial charge in [0.25, 0.3) is 5.91 Å². The van der Waals surface area contributed by atoms with Crippen molar-refractivity contribution in [2.24, 2.45) is 0 Å². The average Bonchev–Trinajstić information content (AvgIpc) is 3.39. The predicted octanol–water partition coefficient (Wildman–Crippen LogP) is 4.17. The van der Waals surface area contributed by atoms with Gasteiger partial charge < -0.3 is 19.7 Å². The number of alkyl halides is 3. The maximum absolute atomic E-state index is 12.9. The Hall–Kier alpha value is -4.35. The highest BCUT2D eigenvalue weighted by molar-refractivity contribution is 5.94. The normalized spacial score (nSPS) is 13.5. The number of anilines is 1. The summed E-state index contributed by atoms with van der Waals surface area (Å²) in [7, 11) is 0. The second-order valence-electron chi connectivity index (χ2n) is 7.69. The van der Waals surface area contributed by atoms with Gasteiger partial charge in [-0.25, -0.2) is 4.79 Å². The minimum atomic E-state index is -4.99. The number of carboxylic acids is 1. The molecule has 0 saturated heterocycles. The van der Waals surface area contributed by atoms with Crippen molar-refractivity contribution in [3.05, 3.63) is 71.4 Å². The Morgan fingerprint density at radius 2 is 1.66 bits per heavy atom. The third kappa shape index (κ3) is 5.26. The Bertz CT molecular complexity index is 1230. The van der Waals surface area contributed by atoms with Gasteiger partial charge in [-0.2, -0.15) is 13.2 Å². The zero-order valence-electron chi connectivity index (χ0n) is 17.8. The van der Waals surface area contributed by atoms with Gasteiger partial charge in [0, 0.05) is 12.0 Å². The van der Waals surface area contributed by atoms with E-state index < -0.39 is 42.3 Å². The van der Waals surface area contributed by atoms with Gasteiger partial charge >= 0.3 is 18.2 Å². The van der Waals surface area contributed by atoms with Crippen LogP contribution in [-0.4, -0.2) is 47.1 Å². The highest BCUT2D eigenvalue weighted by Gasteiger charge is 2.42. The Kier molecular flexibility index (Phi) is 6.45. The van der Waals surface area contributed by atoms with E-state index in [-0.39, 0.29) is 18.4 Å². The molecule has 9 nitrogen and oxygen atoms in total. The van der Waals surface area contributed by atoms with Crippen LogP contribution >= 0.6 is 0 Å². The number of fused-ring (bicyclic) bond motifs is 3. The molecule has 0 fully saturated rings. The number of carbonyl (C=O) groups is 3. The number of nitrogens with one attached hydrogen (secondary N) is 2. The Balaban J connectivity index is 1.37. The number of benzene rings is 2. The highest BCUT2D eigenvalue weighted by Crippen LogP contribution is 2.44. The quantitative estimate of drug-likeness (QED) is 0.454. The molecule has 0 bridgehead atoms. The number of ether oxygens (including phenoxy) is 1. The van der Waals surface area contributed by atoms with Gasteiger partial charge in [-0.05, 0) is 22.3 Å². The van der Waals surface area contributed by atoms with E-state index >= 15 is 0 Å². The SMILES string of the molecule is O=C(O)CC(NC(=O)c1cc(NC(=O)OCC2c3ccccc3-c3ccccc32)on1)C(F)(F)F. The van der Waals surface area contributed by atoms with Crippen molar-refractivity contribution in [3.8, 4) is 11.1 Å². The Morgan fingerprint density at radius 1 is 1.06 bits per heavy atom. The van der Waals surface area contributed by atoms with Crippen LogP contribution in [-0.2, 0) is 9.53 Å². The van der Waals surface area contributed by atoms with E-state index in [1.807, 2.05) is 48.5 Å². The van der Waals surface area contributed by atoms with Crippen molar-refractivity contribution < 1.29 is 41.9 Å². The van der Waals surface area contributed by atoms with Gasteiger partial charge in [-0.3, -0.25) is 14.9 Å². The van der Waals surface area contributed by atoms with Gasteiger partial charge in [-0.1, -0.05) is 53.7 Å². The molecule has 0 saturated carbocycles. The van der Waals surface area contributed by atoms with Gasteiger partial charge in [0.2, 0.25) is 5.88 Å². The fourth-order valence-electron chi connectivity index (χ4n) is 3.83. The molecular formula is C23H18F3N3O6. The molecule has 0 radical (unpaired) electrons. The van der Waals surface area contributed by atoms with Crippen LogP contribution in [0, 0.1) is 0 Å². The van der Waals surface area contributed by atoms with Gasteiger partial charge in [0.15, 0.2) is 5.69 Å². The highest BCUT2D eigenvalue weighted by atomic mass is 19.4. The monoisotopic (exact) mass is 489 g/mol. The molecule has 35 heavy (non-hydrogen) atoms. The Morgan fingerprint density at radius 3 is 2.23 bits per heavy atom. The number of aromatic nitrogens is 1. The molecule has 0 spiro atoms. The van der Waals surface area contributed by atoms with Gasteiger partial charge in [-0.15, -0.1) is 0 Å². The Labute approximate surface area is 195 Å². The van der Waals surface area contributed by atoms with Crippen molar-refractivity contribution in [1.29, 1.82) is 0 Å². The standard InChI is InChI=1S/C23H18F3N3O6/c24-23(25,26)18(10-20(30)31)27-21(32)17-9-19(35-29-17)28-22(33)34-11-16-14-7-3-1-5-12(14)13-6-2-4-8-15(13)16/h1-9,16,18H,10-11H2,(H,27,32)(H,28,33)(H,30,31). The van der Waals surface area contributed by atoms with Crippen LogP contribution in [0.5, 0.6) is 0 Å². The van der Waals surface area contributed by atoms with E-state index in [1.54, 1.807) is 5.32 Å². The lowest BCUT2D eigenvalue weighted by molar-refractivity contribution is -0.165. The average molecular weight is 489 g/mol. The molecule has 1 aliphatic carbocycles. The molecule has 3 N–H and O–H groups in total. The summed E-state index contributed by atoms with van der Waals surface area (Å²) in [5.74, 6) is -3.60. The van der Waals surface area contributed by atoms with Gasteiger partial charge in [0.1, 0.15) is 12.6 Å². The molecule has 4 rings (SSSR count). The van der Waals surface area contributed by atoms with E-state index in [0.717, 1.165) is 28.3 Å². The predicted molar refractivity (Wildman–Crippen MR) is 115 cm³/mol. The number of hydrogen-bond donors (Lipinski definition) is 3. The minimum absolute atomic E-state index is 0.00376. The minimum Gasteiger partial charge on any atom is -0.481 e. The van der Waals surface area contributed by atoms with Crippen LogP contribution in [0.15, 0.2) is 59.1 Å². The maximum atomic E-state index is 12.9. The van der Waals surface area contributed by atoms with Crippen molar-refractivity contribution in [3.63, 3.8) is 0 Å². The zero-order valence-corrected chi connectivity index (χ0v) is 17.8. The third-order valence-corrected chi connectivity index (χ3v) is 5.39. The first-order chi connectivity index (χ1) is 16.6. The van der Waals surface area contributed by atoms with E-state index in [0.29, 0.717) is 0 Å². The third-order valence-electron chi connectivity index (χ3n) is 5.39. The number of nitrogens with zero attached hydrogens (tertiary/aromatic N) is 1. The molecule has 1 aromatic heterocycles. The van der Waals surface area contributed by atoms with Crippen molar-refractivity contribution >= 4 is 23.9 Å². The molecule has 0 aliphatic heterocycles. The van der Waals surface area contributed by atoms with Crippen molar-refractivity contribution in [2.75, 3.05) is 11.9 Å². The molecule has 2 amide bonds. The summed E-state index contributed by atoms with van der Waals surface area (Å²) >= 11 is 0. The lowest BCUT2D eigenvalue weighted by Crippen LogP contribution is -2.46. The first-order valence-corrected chi connectivity index (χ1v) is 10.3. The first kappa shape index (κ1) is 23.8. The number of halogens is 3. The molecule has 1 heterocycles. The smallest absolute Gasteiger partial charge is 0.414 e. The molecule has 12 heteroatoms. The van der Waals surface area contributed by atoms with Crippen LogP contribution in [0.4, 0.5) is 23.8 Å². The maximum Gasteiger partial charge on any atom is 0.414 e. The second kappa shape index (κ2) is 9.49. The van der Waals surface area contributed by atoms with Crippen LogP contribution in [0.25, 0.3) is 11.1 Å². The topological polar surface area (TPSA) is 131 Å². The lowest BCUT2D eigenvalue weighted by atomic mass is 9.98. The van der Waals surface area contributed by atoms with Crippen LogP contribution in [0.2, 0.25) is 0 Å².